The molecule has 0 aliphatic carbocycles. The van der Waals surface area contributed by atoms with Crippen molar-refractivity contribution in [2.45, 2.75) is 6.04 Å². The summed E-state index contributed by atoms with van der Waals surface area (Å²) in [5.41, 5.74) is 1.50. The molecule has 0 bridgehead atoms. The predicted molar refractivity (Wildman–Crippen MR) is 88.7 cm³/mol. The Morgan fingerprint density at radius 1 is 1.29 bits per heavy atom. The van der Waals surface area contributed by atoms with E-state index in [1.54, 1.807) is 4.90 Å². The van der Waals surface area contributed by atoms with Crippen molar-refractivity contribution in [2.75, 3.05) is 32.2 Å². The maximum Gasteiger partial charge on any atom is 0.322 e. The van der Waals surface area contributed by atoms with Crippen LogP contribution in [0.5, 0.6) is 5.75 Å². The van der Waals surface area contributed by atoms with Gasteiger partial charge >= 0.3 is 6.03 Å². The van der Waals surface area contributed by atoms with E-state index < -0.39 is 5.82 Å². The van der Waals surface area contributed by atoms with Crippen molar-refractivity contribution in [1.29, 1.82) is 0 Å². The van der Waals surface area contributed by atoms with Crippen LogP contribution in [0.15, 0.2) is 48.5 Å². The first-order chi connectivity index (χ1) is 11.7. The van der Waals surface area contributed by atoms with Crippen LogP contribution in [0.3, 0.4) is 0 Å². The summed E-state index contributed by atoms with van der Waals surface area (Å²) >= 11 is 0. The lowest BCUT2D eigenvalue weighted by molar-refractivity contribution is 0.0148. The number of morpholine rings is 1. The summed E-state index contributed by atoms with van der Waals surface area (Å²) < 4.78 is 24.0. The number of carbonyl (C=O) groups excluding carboxylic acids is 1. The van der Waals surface area contributed by atoms with Gasteiger partial charge in [0.15, 0.2) is 11.6 Å². The molecule has 1 fully saturated rings. The average molecular weight is 330 g/mol. The normalized spacial score (nSPS) is 17.4. The number of rotatable bonds is 3. The van der Waals surface area contributed by atoms with Crippen LogP contribution >= 0.6 is 0 Å². The zero-order valence-corrected chi connectivity index (χ0v) is 13.4. The number of carbonyl (C=O) groups is 1. The van der Waals surface area contributed by atoms with Crippen LogP contribution < -0.4 is 10.1 Å². The molecule has 0 aromatic heterocycles. The van der Waals surface area contributed by atoms with E-state index in [1.165, 1.54) is 25.3 Å². The van der Waals surface area contributed by atoms with Crippen molar-refractivity contribution in [3.05, 3.63) is 59.9 Å². The third kappa shape index (κ3) is 3.49. The van der Waals surface area contributed by atoms with Gasteiger partial charge in [0.2, 0.25) is 0 Å². The smallest absolute Gasteiger partial charge is 0.322 e. The minimum Gasteiger partial charge on any atom is -0.494 e. The van der Waals surface area contributed by atoms with Gasteiger partial charge in [-0.1, -0.05) is 30.3 Å². The highest BCUT2D eigenvalue weighted by Gasteiger charge is 2.28. The third-order valence-electron chi connectivity index (χ3n) is 3.98. The lowest BCUT2D eigenvalue weighted by atomic mass is 10.1. The van der Waals surface area contributed by atoms with Crippen molar-refractivity contribution < 1.29 is 18.7 Å². The molecule has 1 atom stereocenters. The van der Waals surface area contributed by atoms with Crippen LogP contribution in [0.25, 0.3) is 0 Å². The van der Waals surface area contributed by atoms with Crippen molar-refractivity contribution in [3.8, 4) is 5.75 Å². The lowest BCUT2D eigenvalue weighted by Gasteiger charge is -2.35. The second kappa shape index (κ2) is 7.31. The molecular weight excluding hydrogens is 311 g/mol. The molecule has 1 saturated heterocycles. The summed E-state index contributed by atoms with van der Waals surface area (Å²) in [6.07, 6.45) is 0. The standard InChI is InChI=1S/C18H19FN2O3/c1-23-17-11-14(7-8-15(17)19)20-18(22)21-9-10-24-12-16(21)13-5-3-2-4-6-13/h2-8,11,16H,9-10,12H2,1H3,(H,20,22)/t16-/m0/s1. The number of ether oxygens (including phenoxy) is 2. The largest absolute Gasteiger partial charge is 0.494 e. The molecule has 5 nitrogen and oxygen atoms in total. The van der Waals surface area contributed by atoms with Gasteiger partial charge in [0.1, 0.15) is 0 Å². The van der Waals surface area contributed by atoms with E-state index in [0.717, 1.165) is 5.56 Å². The number of amides is 2. The molecule has 2 aromatic carbocycles. The number of benzene rings is 2. The van der Waals surface area contributed by atoms with Gasteiger partial charge in [-0.15, -0.1) is 0 Å². The van der Waals surface area contributed by atoms with E-state index in [4.69, 9.17) is 9.47 Å². The number of hydrogen-bond acceptors (Lipinski definition) is 3. The Balaban J connectivity index is 1.77. The Bertz CT molecular complexity index is 709. The summed E-state index contributed by atoms with van der Waals surface area (Å²) in [5, 5.41) is 2.80. The molecule has 1 N–H and O–H groups in total. The van der Waals surface area contributed by atoms with Crippen LogP contribution in [0, 0.1) is 5.82 Å². The minimum absolute atomic E-state index is 0.0920. The summed E-state index contributed by atoms with van der Waals surface area (Å²) in [6, 6.07) is 13.6. The molecule has 6 heteroatoms. The number of urea groups is 1. The van der Waals surface area contributed by atoms with Crippen molar-refractivity contribution >= 4 is 11.7 Å². The van der Waals surface area contributed by atoms with Crippen LogP contribution in [0.4, 0.5) is 14.9 Å². The first-order valence-electron chi connectivity index (χ1n) is 7.73. The van der Waals surface area contributed by atoms with Gasteiger partial charge in [0.05, 0.1) is 26.4 Å². The highest BCUT2D eigenvalue weighted by molar-refractivity contribution is 5.90. The Hall–Kier alpha value is -2.60. The van der Waals surface area contributed by atoms with E-state index in [2.05, 4.69) is 5.32 Å². The molecule has 0 spiro atoms. The molecule has 1 heterocycles. The molecule has 2 amide bonds. The Morgan fingerprint density at radius 3 is 2.83 bits per heavy atom. The summed E-state index contributed by atoms with van der Waals surface area (Å²) in [4.78, 5) is 14.4. The molecule has 3 rings (SSSR count). The first-order valence-corrected chi connectivity index (χ1v) is 7.73. The topological polar surface area (TPSA) is 50.8 Å². The number of anilines is 1. The fourth-order valence-corrected chi connectivity index (χ4v) is 2.73. The number of hydrogen-bond donors (Lipinski definition) is 1. The fourth-order valence-electron chi connectivity index (χ4n) is 2.73. The fraction of sp³-hybridized carbons (Fsp3) is 0.278. The lowest BCUT2D eigenvalue weighted by Crippen LogP contribution is -2.45. The van der Waals surface area contributed by atoms with Crippen LogP contribution in [-0.4, -0.2) is 37.8 Å². The molecule has 0 unspecified atom stereocenters. The van der Waals surface area contributed by atoms with E-state index in [-0.39, 0.29) is 17.8 Å². The summed E-state index contributed by atoms with van der Waals surface area (Å²) in [7, 11) is 1.39. The molecule has 126 valence electrons. The zero-order chi connectivity index (χ0) is 16.9. The molecule has 1 aliphatic heterocycles. The molecule has 24 heavy (non-hydrogen) atoms. The van der Waals surface area contributed by atoms with Crippen molar-refractivity contribution in [3.63, 3.8) is 0 Å². The predicted octanol–water partition coefficient (Wildman–Crippen LogP) is 3.44. The maximum absolute atomic E-state index is 13.5. The van der Waals surface area contributed by atoms with Gasteiger partial charge < -0.3 is 19.7 Å². The van der Waals surface area contributed by atoms with E-state index >= 15 is 0 Å². The Kier molecular flexibility index (Phi) is 4.96. The summed E-state index contributed by atoms with van der Waals surface area (Å²) in [6.45, 7) is 1.43. The monoisotopic (exact) mass is 330 g/mol. The van der Waals surface area contributed by atoms with E-state index in [0.29, 0.717) is 25.4 Å². The third-order valence-corrected chi connectivity index (χ3v) is 3.98. The Labute approximate surface area is 140 Å². The second-order valence-corrected chi connectivity index (χ2v) is 5.47. The molecule has 1 aliphatic rings. The zero-order valence-electron chi connectivity index (χ0n) is 13.4. The van der Waals surface area contributed by atoms with Gasteiger partial charge in [0, 0.05) is 18.3 Å². The number of nitrogens with one attached hydrogen (secondary N) is 1. The molecule has 0 radical (unpaired) electrons. The van der Waals surface area contributed by atoms with E-state index in [1.807, 2.05) is 30.3 Å². The highest BCUT2D eigenvalue weighted by Crippen LogP contribution is 2.26. The maximum atomic E-state index is 13.5. The van der Waals surface area contributed by atoms with Crippen molar-refractivity contribution in [1.82, 2.24) is 4.90 Å². The number of methoxy groups -OCH3 is 1. The molecule has 2 aromatic rings. The first kappa shape index (κ1) is 16.3. The van der Waals surface area contributed by atoms with Gasteiger partial charge in [0.25, 0.3) is 0 Å². The molecule has 0 saturated carbocycles. The van der Waals surface area contributed by atoms with Crippen molar-refractivity contribution in [2.24, 2.45) is 0 Å². The van der Waals surface area contributed by atoms with E-state index in [9.17, 15) is 9.18 Å². The second-order valence-electron chi connectivity index (χ2n) is 5.47. The number of halogens is 1. The van der Waals surface area contributed by atoms with Gasteiger partial charge in [-0.2, -0.15) is 0 Å². The SMILES string of the molecule is COc1cc(NC(=O)N2CCOC[C@H]2c2ccccc2)ccc1F. The quantitative estimate of drug-likeness (QED) is 0.938. The molecular formula is C18H19FN2O3. The minimum atomic E-state index is -0.468. The number of nitrogens with zero attached hydrogens (tertiary/aromatic N) is 1. The van der Waals surface area contributed by atoms with Crippen LogP contribution in [0.2, 0.25) is 0 Å². The highest BCUT2D eigenvalue weighted by atomic mass is 19.1. The van der Waals surface area contributed by atoms with Crippen LogP contribution in [0.1, 0.15) is 11.6 Å². The summed E-state index contributed by atoms with van der Waals surface area (Å²) in [5.74, 6) is -0.376. The average Bonchev–Trinajstić information content (AvgIpc) is 2.64. The van der Waals surface area contributed by atoms with Crippen LogP contribution in [-0.2, 0) is 4.74 Å². The van der Waals surface area contributed by atoms with Gasteiger partial charge in [-0.3, -0.25) is 0 Å². The van der Waals surface area contributed by atoms with Gasteiger partial charge in [-0.25, -0.2) is 9.18 Å². The Morgan fingerprint density at radius 2 is 2.08 bits per heavy atom. The van der Waals surface area contributed by atoms with Gasteiger partial charge in [-0.05, 0) is 17.7 Å².